The molecule has 0 amide bonds. The van der Waals surface area contributed by atoms with Gasteiger partial charge in [0.15, 0.2) is 11.5 Å². The molecule has 22 heavy (non-hydrogen) atoms. The lowest BCUT2D eigenvalue weighted by molar-refractivity contribution is -0.384. The molecule has 2 aromatic rings. The molecular formula is C15H15ClN2O4. The molecule has 0 fully saturated rings. The zero-order valence-corrected chi connectivity index (χ0v) is 12.6. The number of rotatable bonds is 6. The molecule has 0 spiro atoms. The van der Waals surface area contributed by atoms with Gasteiger partial charge in [-0.1, -0.05) is 11.6 Å². The molecule has 0 aliphatic heterocycles. The summed E-state index contributed by atoms with van der Waals surface area (Å²) >= 11 is 5.96. The molecular weight excluding hydrogens is 308 g/mol. The van der Waals surface area contributed by atoms with Crippen LogP contribution in [0.1, 0.15) is 12.5 Å². The van der Waals surface area contributed by atoms with E-state index in [9.17, 15) is 15.2 Å². The maximum Gasteiger partial charge on any atom is 0.269 e. The van der Waals surface area contributed by atoms with Crippen LogP contribution in [-0.4, -0.2) is 16.6 Å². The van der Waals surface area contributed by atoms with Gasteiger partial charge in [0.05, 0.1) is 16.6 Å². The number of benzene rings is 2. The summed E-state index contributed by atoms with van der Waals surface area (Å²) in [6, 6.07) is 9.45. The van der Waals surface area contributed by atoms with Crippen molar-refractivity contribution in [2.24, 2.45) is 0 Å². The first kappa shape index (κ1) is 15.9. The summed E-state index contributed by atoms with van der Waals surface area (Å²) in [7, 11) is 0. The van der Waals surface area contributed by atoms with E-state index in [0.717, 1.165) is 11.3 Å². The topological polar surface area (TPSA) is 84.6 Å². The number of anilines is 1. The molecule has 116 valence electrons. The highest BCUT2D eigenvalue weighted by Crippen LogP contribution is 2.35. The molecule has 2 rings (SSSR count). The summed E-state index contributed by atoms with van der Waals surface area (Å²) in [4.78, 5) is 10.1. The van der Waals surface area contributed by atoms with Gasteiger partial charge in [-0.15, -0.1) is 0 Å². The fourth-order valence-electron chi connectivity index (χ4n) is 1.90. The highest BCUT2D eigenvalue weighted by molar-refractivity contribution is 6.32. The molecule has 0 saturated heterocycles. The second-order valence-electron chi connectivity index (χ2n) is 4.51. The van der Waals surface area contributed by atoms with Crippen molar-refractivity contribution in [2.45, 2.75) is 13.5 Å². The molecule has 2 aromatic carbocycles. The van der Waals surface area contributed by atoms with Gasteiger partial charge < -0.3 is 15.2 Å². The molecule has 2 N–H and O–H groups in total. The number of ether oxygens (including phenoxy) is 1. The van der Waals surface area contributed by atoms with Crippen molar-refractivity contribution in [1.29, 1.82) is 0 Å². The lowest BCUT2D eigenvalue weighted by atomic mass is 10.2. The van der Waals surface area contributed by atoms with Crippen molar-refractivity contribution < 1.29 is 14.8 Å². The van der Waals surface area contributed by atoms with E-state index in [1.807, 2.05) is 6.92 Å². The number of nitro benzene ring substituents is 1. The Kier molecular flexibility index (Phi) is 5.06. The van der Waals surface area contributed by atoms with Crippen LogP contribution in [0, 0.1) is 10.1 Å². The van der Waals surface area contributed by atoms with E-state index in [4.69, 9.17) is 16.3 Å². The molecule has 0 heterocycles. The Balaban J connectivity index is 2.09. The van der Waals surface area contributed by atoms with E-state index >= 15 is 0 Å². The Morgan fingerprint density at radius 3 is 2.59 bits per heavy atom. The zero-order valence-electron chi connectivity index (χ0n) is 11.9. The molecule has 0 aromatic heterocycles. The largest absolute Gasteiger partial charge is 0.503 e. The second kappa shape index (κ2) is 7.00. The van der Waals surface area contributed by atoms with Crippen molar-refractivity contribution in [2.75, 3.05) is 11.9 Å². The third-order valence-electron chi connectivity index (χ3n) is 2.96. The van der Waals surface area contributed by atoms with Gasteiger partial charge in [0, 0.05) is 24.4 Å². The van der Waals surface area contributed by atoms with Gasteiger partial charge >= 0.3 is 0 Å². The molecule has 0 unspecified atom stereocenters. The summed E-state index contributed by atoms with van der Waals surface area (Å²) in [5.41, 5.74) is 1.61. The molecule has 0 saturated carbocycles. The summed E-state index contributed by atoms with van der Waals surface area (Å²) in [6.07, 6.45) is 0. The molecule has 0 bridgehead atoms. The number of halogens is 1. The van der Waals surface area contributed by atoms with Gasteiger partial charge in [-0.05, 0) is 36.8 Å². The van der Waals surface area contributed by atoms with Gasteiger partial charge in [0.2, 0.25) is 0 Å². The molecule has 0 radical (unpaired) electrons. The second-order valence-corrected chi connectivity index (χ2v) is 4.92. The number of hydrogen-bond acceptors (Lipinski definition) is 5. The van der Waals surface area contributed by atoms with Gasteiger partial charge in [0.25, 0.3) is 5.69 Å². The lowest BCUT2D eigenvalue weighted by Crippen LogP contribution is -2.01. The first-order valence-electron chi connectivity index (χ1n) is 6.63. The van der Waals surface area contributed by atoms with Gasteiger partial charge in [-0.3, -0.25) is 10.1 Å². The SMILES string of the molecule is CCOc1cc(CNc2ccc([N+](=O)[O-])cc2)cc(Cl)c1O. The number of nitro groups is 1. The summed E-state index contributed by atoms with van der Waals surface area (Å²) in [5.74, 6) is 0.248. The van der Waals surface area contributed by atoms with Crippen molar-refractivity contribution in [3.05, 3.63) is 57.1 Å². The Bertz CT molecular complexity index is 674. The average molecular weight is 323 g/mol. The third-order valence-corrected chi connectivity index (χ3v) is 3.25. The van der Waals surface area contributed by atoms with Crippen molar-refractivity contribution in [1.82, 2.24) is 0 Å². The minimum Gasteiger partial charge on any atom is -0.503 e. The lowest BCUT2D eigenvalue weighted by Gasteiger charge is -2.11. The number of phenols is 1. The fraction of sp³-hybridized carbons (Fsp3) is 0.200. The van der Waals surface area contributed by atoms with Crippen LogP contribution in [0.2, 0.25) is 5.02 Å². The highest BCUT2D eigenvalue weighted by Gasteiger charge is 2.10. The van der Waals surface area contributed by atoms with Gasteiger partial charge in [-0.2, -0.15) is 0 Å². The minimum atomic E-state index is -0.447. The van der Waals surface area contributed by atoms with Gasteiger partial charge in [0.1, 0.15) is 0 Å². The Morgan fingerprint density at radius 2 is 2.00 bits per heavy atom. The van der Waals surface area contributed by atoms with Crippen LogP contribution in [0.15, 0.2) is 36.4 Å². The molecule has 0 atom stereocenters. The van der Waals surface area contributed by atoms with Crippen LogP contribution >= 0.6 is 11.6 Å². The average Bonchev–Trinajstić information content (AvgIpc) is 2.50. The maximum absolute atomic E-state index is 10.6. The van der Waals surface area contributed by atoms with Crippen LogP contribution in [-0.2, 0) is 6.54 Å². The zero-order chi connectivity index (χ0) is 16.1. The highest BCUT2D eigenvalue weighted by atomic mass is 35.5. The monoisotopic (exact) mass is 322 g/mol. The summed E-state index contributed by atoms with van der Waals surface area (Å²) in [6.45, 7) is 2.68. The number of aromatic hydroxyl groups is 1. The van der Waals surface area contributed by atoms with Crippen molar-refractivity contribution >= 4 is 23.0 Å². The number of phenolic OH excluding ortho intramolecular Hbond substituents is 1. The Hall–Kier alpha value is -2.47. The van der Waals surface area contributed by atoms with Crippen LogP contribution in [0.5, 0.6) is 11.5 Å². The number of hydrogen-bond donors (Lipinski definition) is 2. The first-order valence-corrected chi connectivity index (χ1v) is 7.01. The predicted octanol–water partition coefficient (Wildman–Crippen LogP) is 3.96. The third kappa shape index (κ3) is 3.79. The van der Waals surface area contributed by atoms with Gasteiger partial charge in [-0.25, -0.2) is 0 Å². The van der Waals surface area contributed by atoms with E-state index in [1.165, 1.54) is 12.1 Å². The smallest absolute Gasteiger partial charge is 0.269 e. The van der Waals surface area contributed by atoms with E-state index in [1.54, 1.807) is 24.3 Å². The summed E-state index contributed by atoms with van der Waals surface area (Å²) in [5, 5.41) is 23.7. The van der Waals surface area contributed by atoms with Crippen LogP contribution in [0.25, 0.3) is 0 Å². The summed E-state index contributed by atoms with van der Waals surface area (Å²) < 4.78 is 5.32. The molecule has 0 aliphatic carbocycles. The fourth-order valence-corrected chi connectivity index (χ4v) is 2.13. The first-order chi connectivity index (χ1) is 10.5. The number of nitrogens with one attached hydrogen (secondary N) is 1. The molecule has 7 heteroatoms. The minimum absolute atomic E-state index is 0.0388. The van der Waals surface area contributed by atoms with Crippen molar-refractivity contribution in [3.8, 4) is 11.5 Å². The van der Waals surface area contributed by atoms with E-state index in [2.05, 4.69) is 5.32 Å². The van der Waals surface area contributed by atoms with Crippen LogP contribution < -0.4 is 10.1 Å². The normalized spacial score (nSPS) is 10.3. The Labute approximate surface area is 132 Å². The number of nitrogens with zero attached hydrogens (tertiary/aromatic N) is 1. The predicted molar refractivity (Wildman–Crippen MR) is 84.7 cm³/mol. The Morgan fingerprint density at radius 1 is 1.32 bits per heavy atom. The molecule has 0 aliphatic rings. The van der Waals surface area contributed by atoms with Crippen molar-refractivity contribution in [3.63, 3.8) is 0 Å². The maximum atomic E-state index is 10.6. The molecule has 6 nitrogen and oxygen atoms in total. The van der Waals surface area contributed by atoms with E-state index in [-0.39, 0.29) is 16.5 Å². The number of non-ortho nitro benzene ring substituents is 1. The standard InChI is InChI=1S/C15H15ClN2O4/c1-2-22-14-8-10(7-13(16)15(14)19)9-17-11-3-5-12(6-4-11)18(20)21/h3-8,17,19H,2,9H2,1H3. The van der Waals surface area contributed by atoms with Crippen LogP contribution in [0.4, 0.5) is 11.4 Å². The van der Waals surface area contributed by atoms with E-state index < -0.39 is 4.92 Å². The van der Waals surface area contributed by atoms with Crippen LogP contribution in [0.3, 0.4) is 0 Å². The quantitative estimate of drug-likeness (QED) is 0.621. The van der Waals surface area contributed by atoms with E-state index in [0.29, 0.717) is 18.9 Å².